The van der Waals surface area contributed by atoms with Crippen LogP contribution in [0.5, 0.6) is 0 Å². The van der Waals surface area contributed by atoms with Crippen LogP contribution in [0.4, 0.5) is 0 Å². The smallest absolute Gasteiger partial charge is 0.240 e. The van der Waals surface area contributed by atoms with Gasteiger partial charge in [-0.15, -0.1) is 11.3 Å². The van der Waals surface area contributed by atoms with Crippen LogP contribution in [0, 0.1) is 0 Å². The molecular weight excluding hydrogens is 234 g/mol. The van der Waals surface area contributed by atoms with Gasteiger partial charge < -0.3 is 10.2 Å². The van der Waals surface area contributed by atoms with E-state index in [9.17, 15) is 4.79 Å². The van der Waals surface area contributed by atoms with Gasteiger partial charge in [-0.2, -0.15) is 0 Å². The van der Waals surface area contributed by atoms with Gasteiger partial charge in [-0.25, -0.2) is 4.98 Å². The second-order valence-electron chi connectivity index (χ2n) is 4.82. The van der Waals surface area contributed by atoms with Crippen molar-refractivity contribution in [3.8, 4) is 0 Å². The Morgan fingerprint density at radius 3 is 3.06 bits per heavy atom. The summed E-state index contributed by atoms with van der Waals surface area (Å²) in [5.41, 5.74) is 0. The van der Waals surface area contributed by atoms with E-state index in [0.717, 1.165) is 24.4 Å². The van der Waals surface area contributed by atoms with E-state index in [-0.39, 0.29) is 11.9 Å². The Bertz CT molecular complexity index is 388. The topological polar surface area (TPSA) is 45.2 Å². The summed E-state index contributed by atoms with van der Waals surface area (Å²) < 4.78 is 0. The molecule has 1 aromatic heterocycles. The number of thiazole rings is 1. The summed E-state index contributed by atoms with van der Waals surface area (Å²) in [5.74, 6) is 0.262. The lowest BCUT2D eigenvalue weighted by molar-refractivity contribution is -0.136. The number of hydrogen-bond donors (Lipinski definition) is 1. The zero-order valence-electron chi connectivity index (χ0n) is 9.76. The average molecular weight is 251 g/mol. The molecule has 2 fully saturated rings. The zero-order chi connectivity index (χ0) is 11.7. The Balaban J connectivity index is 1.61. The van der Waals surface area contributed by atoms with Gasteiger partial charge in [0.15, 0.2) is 0 Å². The molecule has 3 rings (SSSR count). The number of carbonyl (C=O) groups excluding carboxylic acids is 1. The van der Waals surface area contributed by atoms with Crippen molar-refractivity contribution in [1.82, 2.24) is 15.2 Å². The first-order chi connectivity index (χ1) is 8.33. The first-order valence-electron chi connectivity index (χ1n) is 6.26. The van der Waals surface area contributed by atoms with Crippen molar-refractivity contribution in [1.29, 1.82) is 0 Å². The van der Waals surface area contributed by atoms with Gasteiger partial charge in [-0.3, -0.25) is 4.79 Å². The Labute approximate surface area is 105 Å². The number of piperidine rings is 1. The molecule has 1 unspecified atom stereocenters. The molecule has 1 saturated heterocycles. The molecule has 1 aliphatic carbocycles. The van der Waals surface area contributed by atoms with E-state index >= 15 is 0 Å². The lowest BCUT2D eigenvalue weighted by atomic mass is 10.0. The quantitative estimate of drug-likeness (QED) is 0.879. The molecule has 0 bridgehead atoms. The molecule has 1 saturated carbocycles. The van der Waals surface area contributed by atoms with Gasteiger partial charge in [0.25, 0.3) is 0 Å². The van der Waals surface area contributed by atoms with E-state index in [0.29, 0.717) is 12.6 Å². The molecular formula is C12H17N3OS. The molecule has 1 N–H and O–H groups in total. The summed E-state index contributed by atoms with van der Waals surface area (Å²) in [6.07, 6.45) is 6.35. The predicted octanol–water partition coefficient (Wildman–Crippen LogP) is 1.39. The highest BCUT2D eigenvalue weighted by Gasteiger charge is 2.33. The standard InChI is InChI=1S/C12H17N3OS/c16-12-10(14-9-3-4-9)2-1-6-15(12)8-11-13-5-7-17-11/h5,7,9-10,14H,1-4,6,8H2. The van der Waals surface area contributed by atoms with Crippen LogP contribution < -0.4 is 5.32 Å². The van der Waals surface area contributed by atoms with Gasteiger partial charge in [-0.1, -0.05) is 0 Å². The summed E-state index contributed by atoms with van der Waals surface area (Å²) in [6, 6.07) is 0.653. The fourth-order valence-corrected chi connectivity index (χ4v) is 2.91. The first kappa shape index (κ1) is 11.2. The van der Waals surface area contributed by atoms with E-state index in [1.54, 1.807) is 17.5 Å². The molecule has 1 atom stereocenters. The number of likely N-dealkylation sites (tertiary alicyclic amines) is 1. The Morgan fingerprint density at radius 2 is 2.35 bits per heavy atom. The molecule has 5 heteroatoms. The van der Waals surface area contributed by atoms with Crippen LogP contribution in [-0.2, 0) is 11.3 Å². The summed E-state index contributed by atoms with van der Waals surface area (Å²) in [6.45, 7) is 1.56. The highest BCUT2D eigenvalue weighted by Crippen LogP contribution is 2.23. The van der Waals surface area contributed by atoms with E-state index in [4.69, 9.17) is 0 Å². The Hall–Kier alpha value is -0.940. The van der Waals surface area contributed by atoms with Crippen molar-refractivity contribution >= 4 is 17.2 Å². The maximum atomic E-state index is 12.3. The van der Waals surface area contributed by atoms with E-state index < -0.39 is 0 Å². The molecule has 4 nitrogen and oxygen atoms in total. The second kappa shape index (κ2) is 4.74. The number of hydrogen-bond acceptors (Lipinski definition) is 4. The number of aromatic nitrogens is 1. The van der Waals surface area contributed by atoms with Crippen molar-refractivity contribution < 1.29 is 4.79 Å². The predicted molar refractivity (Wildman–Crippen MR) is 66.7 cm³/mol. The van der Waals surface area contributed by atoms with Crippen LogP contribution >= 0.6 is 11.3 Å². The third-order valence-electron chi connectivity index (χ3n) is 3.35. The fraction of sp³-hybridized carbons (Fsp3) is 0.667. The van der Waals surface area contributed by atoms with Gasteiger partial charge >= 0.3 is 0 Å². The van der Waals surface area contributed by atoms with Crippen LogP contribution in [-0.4, -0.2) is 34.4 Å². The number of rotatable bonds is 4. The minimum Gasteiger partial charge on any atom is -0.335 e. The van der Waals surface area contributed by atoms with Crippen molar-refractivity contribution in [3.05, 3.63) is 16.6 Å². The molecule has 1 aliphatic heterocycles. The first-order valence-corrected chi connectivity index (χ1v) is 7.14. The lowest BCUT2D eigenvalue weighted by Crippen LogP contribution is -2.50. The molecule has 1 amide bonds. The van der Waals surface area contributed by atoms with Gasteiger partial charge in [0.05, 0.1) is 12.6 Å². The van der Waals surface area contributed by atoms with Gasteiger partial charge in [0.1, 0.15) is 5.01 Å². The molecule has 92 valence electrons. The van der Waals surface area contributed by atoms with Crippen molar-refractivity contribution in [2.24, 2.45) is 0 Å². The van der Waals surface area contributed by atoms with E-state index in [1.165, 1.54) is 12.8 Å². The monoisotopic (exact) mass is 251 g/mol. The van der Waals surface area contributed by atoms with Gasteiger partial charge in [-0.05, 0) is 25.7 Å². The highest BCUT2D eigenvalue weighted by atomic mass is 32.1. The van der Waals surface area contributed by atoms with Crippen LogP contribution in [0.1, 0.15) is 30.7 Å². The normalized spacial score (nSPS) is 25.3. The molecule has 0 spiro atoms. The highest BCUT2D eigenvalue weighted by molar-refractivity contribution is 7.09. The summed E-state index contributed by atoms with van der Waals surface area (Å²) in [5, 5.41) is 6.44. The lowest BCUT2D eigenvalue weighted by Gasteiger charge is -2.32. The number of carbonyl (C=O) groups is 1. The molecule has 17 heavy (non-hydrogen) atoms. The Morgan fingerprint density at radius 1 is 1.47 bits per heavy atom. The fourth-order valence-electron chi connectivity index (χ4n) is 2.28. The van der Waals surface area contributed by atoms with Crippen molar-refractivity contribution in [3.63, 3.8) is 0 Å². The van der Waals surface area contributed by atoms with Crippen molar-refractivity contribution in [2.45, 2.75) is 44.3 Å². The minimum atomic E-state index is 0.0520. The summed E-state index contributed by atoms with van der Waals surface area (Å²) >= 11 is 1.62. The molecule has 0 aromatic carbocycles. The minimum absolute atomic E-state index is 0.0520. The largest absolute Gasteiger partial charge is 0.335 e. The number of nitrogens with one attached hydrogen (secondary N) is 1. The number of amides is 1. The van der Waals surface area contributed by atoms with Crippen LogP contribution in [0.2, 0.25) is 0 Å². The number of nitrogens with zero attached hydrogens (tertiary/aromatic N) is 2. The zero-order valence-corrected chi connectivity index (χ0v) is 10.6. The molecule has 1 aromatic rings. The van der Waals surface area contributed by atoms with E-state index in [1.807, 2.05) is 10.3 Å². The third-order valence-corrected chi connectivity index (χ3v) is 4.12. The summed E-state index contributed by atoms with van der Waals surface area (Å²) in [4.78, 5) is 18.4. The third kappa shape index (κ3) is 2.66. The Kier molecular flexibility index (Phi) is 3.11. The molecule has 2 heterocycles. The van der Waals surface area contributed by atoms with Crippen LogP contribution in [0.15, 0.2) is 11.6 Å². The van der Waals surface area contributed by atoms with Crippen LogP contribution in [0.3, 0.4) is 0 Å². The van der Waals surface area contributed by atoms with Crippen molar-refractivity contribution in [2.75, 3.05) is 6.54 Å². The van der Waals surface area contributed by atoms with E-state index in [2.05, 4.69) is 10.3 Å². The summed E-state index contributed by atoms with van der Waals surface area (Å²) in [7, 11) is 0. The maximum Gasteiger partial charge on any atom is 0.240 e. The molecule has 2 aliphatic rings. The SMILES string of the molecule is O=C1C(NC2CC2)CCCN1Cc1nccs1. The maximum absolute atomic E-state index is 12.3. The van der Waals surface area contributed by atoms with Crippen LogP contribution in [0.25, 0.3) is 0 Å². The average Bonchev–Trinajstić information content (AvgIpc) is 2.99. The van der Waals surface area contributed by atoms with Gasteiger partial charge in [0.2, 0.25) is 5.91 Å². The van der Waals surface area contributed by atoms with Gasteiger partial charge in [0, 0.05) is 24.2 Å². The second-order valence-corrected chi connectivity index (χ2v) is 5.80. The molecule has 0 radical (unpaired) electrons.